The van der Waals surface area contributed by atoms with Crippen LogP contribution < -0.4 is 9.47 Å². The number of likely N-dealkylation sites (tertiary alicyclic amines) is 1. The lowest BCUT2D eigenvalue weighted by Gasteiger charge is -2.40. The van der Waals surface area contributed by atoms with Crippen molar-refractivity contribution in [3.63, 3.8) is 0 Å². The number of piperidine rings is 1. The van der Waals surface area contributed by atoms with Crippen molar-refractivity contribution in [2.45, 2.75) is 31.5 Å². The molecule has 0 radical (unpaired) electrons. The molecule has 1 amide bonds. The molecule has 0 aromatic heterocycles. The molecule has 2 aromatic carbocycles. The summed E-state index contributed by atoms with van der Waals surface area (Å²) in [6.07, 6.45) is 1.23. The van der Waals surface area contributed by atoms with E-state index in [4.69, 9.17) is 9.47 Å². The summed E-state index contributed by atoms with van der Waals surface area (Å²) in [5, 5.41) is 11.2. The highest BCUT2D eigenvalue weighted by Crippen LogP contribution is 2.33. The number of amides is 1. The molecule has 0 spiro atoms. The molecule has 1 unspecified atom stereocenters. The van der Waals surface area contributed by atoms with E-state index >= 15 is 0 Å². The Morgan fingerprint density at radius 1 is 1.10 bits per heavy atom. The van der Waals surface area contributed by atoms with Gasteiger partial charge >= 0.3 is 0 Å². The standard InChI is InChI=1S/C23H30N2O4/c1-24(15-18-9-5-4-6-10-18)17-23(27)13-8-14-25(22(23)26)16-19-11-7-12-20(28-2)21(19)29-3/h4-7,9-12,27H,8,13-17H2,1-3H3. The Labute approximate surface area is 172 Å². The number of methoxy groups -OCH3 is 2. The second kappa shape index (κ2) is 9.29. The molecule has 0 saturated carbocycles. The topological polar surface area (TPSA) is 62.2 Å². The van der Waals surface area contributed by atoms with Gasteiger partial charge in [0.25, 0.3) is 5.91 Å². The maximum absolute atomic E-state index is 13.2. The Hall–Kier alpha value is -2.57. The molecule has 3 rings (SSSR count). The van der Waals surface area contributed by atoms with Crippen molar-refractivity contribution in [3.8, 4) is 11.5 Å². The summed E-state index contributed by atoms with van der Waals surface area (Å²) in [6, 6.07) is 15.7. The molecule has 1 N–H and O–H groups in total. The number of hydrogen-bond donors (Lipinski definition) is 1. The number of hydrogen-bond acceptors (Lipinski definition) is 5. The van der Waals surface area contributed by atoms with Gasteiger partial charge < -0.3 is 19.5 Å². The van der Waals surface area contributed by atoms with Crippen LogP contribution in [0.3, 0.4) is 0 Å². The minimum atomic E-state index is -1.38. The number of ether oxygens (including phenoxy) is 2. The molecule has 6 heteroatoms. The van der Waals surface area contributed by atoms with Crippen LogP contribution in [0.5, 0.6) is 11.5 Å². The summed E-state index contributed by atoms with van der Waals surface area (Å²) < 4.78 is 10.9. The Morgan fingerprint density at radius 3 is 2.55 bits per heavy atom. The fourth-order valence-electron chi connectivity index (χ4n) is 4.04. The third-order valence-electron chi connectivity index (χ3n) is 5.38. The van der Waals surface area contributed by atoms with Gasteiger partial charge in [0, 0.05) is 31.7 Å². The molecule has 1 atom stereocenters. The minimum absolute atomic E-state index is 0.228. The molecule has 1 fully saturated rings. The van der Waals surface area contributed by atoms with Crippen LogP contribution >= 0.6 is 0 Å². The summed E-state index contributed by atoms with van der Waals surface area (Å²) in [5.41, 5.74) is 0.635. The summed E-state index contributed by atoms with van der Waals surface area (Å²) in [7, 11) is 5.12. The molecule has 156 valence electrons. The number of carbonyl (C=O) groups is 1. The van der Waals surface area contributed by atoms with E-state index in [2.05, 4.69) is 0 Å². The normalized spacial score (nSPS) is 19.5. The van der Waals surface area contributed by atoms with Crippen molar-refractivity contribution in [3.05, 3.63) is 59.7 Å². The first-order valence-electron chi connectivity index (χ1n) is 9.91. The van der Waals surface area contributed by atoms with Crippen LogP contribution in [0.15, 0.2) is 48.5 Å². The number of benzene rings is 2. The van der Waals surface area contributed by atoms with E-state index < -0.39 is 5.60 Å². The van der Waals surface area contributed by atoms with Gasteiger partial charge in [-0.3, -0.25) is 9.69 Å². The molecule has 0 bridgehead atoms. The van der Waals surface area contributed by atoms with E-state index in [0.717, 1.165) is 17.5 Å². The van der Waals surface area contributed by atoms with Crippen molar-refractivity contribution in [2.24, 2.45) is 0 Å². The van der Waals surface area contributed by atoms with E-state index in [9.17, 15) is 9.90 Å². The summed E-state index contributed by atoms with van der Waals surface area (Å²) >= 11 is 0. The molecule has 1 aliphatic heterocycles. The average Bonchev–Trinajstić information content (AvgIpc) is 2.72. The Kier molecular flexibility index (Phi) is 6.77. The number of aliphatic hydroxyl groups is 1. The summed E-state index contributed by atoms with van der Waals surface area (Å²) in [5.74, 6) is 1.03. The van der Waals surface area contributed by atoms with E-state index in [0.29, 0.717) is 44.1 Å². The molecule has 0 aliphatic carbocycles. The maximum Gasteiger partial charge on any atom is 0.256 e. The zero-order valence-corrected chi connectivity index (χ0v) is 17.4. The third-order valence-corrected chi connectivity index (χ3v) is 5.38. The fourth-order valence-corrected chi connectivity index (χ4v) is 4.04. The highest BCUT2D eigenvalue weighted by Gasteiger charge is 2.43. The van der Waals surface area contributed by atoms with Crippen molar-refractivity contribution < 1.29 is 19.4 Å². The van der Waals surface area contributed by atoms with Crippen LogP contribution in [0, 0.1) is 0 Å². The van der Waals surface area contributed by atoms with E-state index in [1.807, 2.05) is 60.5 Å². The predicted octanol–water partition coefficient (Wildman–Crippen LogP) is 2.69. The Bertz CT molecular complexity index is 827. The van der Waals surface area contributed by atoms with Crippen LogP contribution in [-0.2, 0) is 17.9 Å². The number of rotatable bonds is 8. The van der Waals surface area contributed by atoms with E-state index in [1.165, 1.54) is 0 Å². The average molecular weight is 399 g/mol. The second-order valence-electron chi connectivity index (χ2n) is 7.67. The number of nitrogens with zero attached hydrogens (tertiary/aromatic N) is 2. The highest BCUT2D eigenvalue weighted by molar-refractivity contribution is 5.86. The quantitative estimate of drug-likeness (QED) is 0.741. The molecule has 2 aromatic rings. The highest BCUT2D eigenvalue weighted by atomic mass is 16.5. The van der Waals surface area contributed by atoms with Crippen molar-refractivity contribution in [2.75, 3.05) is 34.4 Å². The predicted molar refractivity (Wildman–Crippen MR) is 112 cm³/mol. The van der Waals surface area contributed by atoms with Crippen molar-refractivity contribution in [1.82, 2.24) is 9.80 Å². The largest absolute Gasteiger partial charge is 0.493 e. The summed E-state index contributed by atoms with van der Waals surface area (Å²) in [4.78, 5) is 16.9. The first-order chi connectivity index (χ1) is 14.0. The van der Waals surface area contributed by atoms with Gasteiger partial charge in [-0.2, -0.15) is 0 Å². The van der Waals surface area contributed by atoms with Gasteiger partial charge in [0.2, 0.25) is 0 Å². The third kappa shape index (κ3) is 4.89. The monoisotopic (exact) mass is 398 g/mol. The SMILES string of the molecule is COc1cccc(CN2CCCC(O)(CN(C)Cc3ccccc3)C2=O)c1OC. The van der Waals surface area contributed by atoms with Crippen LogP contribution in [0.4, 0.5) is 0 Å². The lowest BCUT2D eigenvalue weighted by Crippen LogP contribution is -2.57. The molecule has 6 nitrogen and oxygen atoms in total. The lowest BCUT2D eigenvalue weighted by atomic mass is 9.90. The number of para-hydroxylation sites is 1. The van der Waals surface area contributed by atoms with Crippen LogP contribution in [0.2, 0.25) is 0 Å². The van der Waals surface area contributed by atoms with Gasteiger partial charge in [0.1, 0.15) is 0 Å². The maximum atomic E-state index is 13.2. The molecule has 1 aliphatic rings. The van der Waals surface area contributed by atoms with Gasteiger partial charge in [-0.15, -0.1) is 0 Å². The molecule has 29 heavy (non-hydrogen) atoms. The number of likely N-dealkylation sites (N-methyl/N-ethyl adjacent to an activating group) is 1. The van der Waals surface area contributed by atoms with Crippen LogP contribution in [0.1, 0.15) is 24.0 Å². The summed E-state index contributed by atoms with van der Waals surface area (Å²) in [6.45, 7) is 1.97. The fraction of sp³-hybridized carbons (Fsp3) is 0.435. The van der Waals surface area contributed by atoms with Crippen LogP contribution in [-0.4, -0.2) is 60.8 Å². The van der Waals surface area contributed by atoms with Gasteiger partial charge in [-0.25, -0.2) is 0 Å². The van der Waals surface area contributed by atoms with Crippen molar-refractivity contribution in [1.29, 1.82) is 0 Å². The van der Waals surface area contributed by atoms with Crippen molar-refractivity contribution >= 4 is 5.91 Å². The molecule has 1 heterocycles. The molecule has 1 saturated heterocycles. The minimum Gasteiger partial charge on any atom is -0.493 e. The first kappa shape index (κ1) is 21.1. The first-order valence-corrected chi connectivity index (χ1v) is 9.91. The zero-order chi connectivity index (χ0) is 20.9. The lowest BCUT2D eigenvalue weighted by molar-refractivity contribution is -0.160. The van der Waals surface area contributed by atoms with E-state index in [1.54, 1.807) is 19.1 Å². The van der Waals surface area contributed by atoms with E-state index in [-0.39, 0.29) is 5.91 Å². The molecular weight excluding hydrogens is 368 g/mol. The smallest absolute Gasteiger partial charge is 0.256 e. The van der Waals surface area contributed by atoms with Gasteiger partial charge in [0.05, 0.1) is 14.2 Å². The van der Waals surface area contributed by atoms with Gasteiger partial charge in [0.15, 0.2) is 17.1 Å². The van der Waals surface area contributed by atoms with Gasteiger partial charge in [-0.05, 0) is 31.5 Å². The Balaban J connectivity index is 1.71. The molecular formula is C23H30N2O4. The van der Waals surface area contributed by atoms with Gasteiger partial charge in [-0.1, -0.05) is 42.5 Å². The second-order valence-corrected chi connectivity index (χ2v) is 7.67. The Morgan fingerprint density at radius 2 is 1.86 bits per heavy atom. The van der Waals surface area contributed by atoms with Crippen LogP contribution in [0.25, 0.3) is 0 Å². The number of carbonyl (C=O) groups excluding carboxylic acids is 1. The zero-order valence-electron chi connectivity index (χ0n) is 17.4.